The Hall–Kier alpha value is -3.44. The maximum atomic E-state index is 12.8. The summed E-state index contributed by atoms with van der Waals surface area (Å²) in [6.45, 7) is 2.30. The second-order valence-corrected chi connectivity index (χ2v) is 7.02. The summed E-state index contributed by atoms with van der Waals surface area (Å²) >= 11 is 6.24. The molecule has 2 aromatic carbocycles. The van der Waals surface area contributed by atoms with Crippen LogP contribution in [-0.4, -0.2) is 20.7 Å². The van der Waals surface area contributed by atoms with Gasteiger partial charge in [0.2, 0.25) is 0 Å². The Morgan fingerprint density at radius 2 is 1.76 bits per heavy atom. The largest absolute Gasteiger partial charge is 0.307 e. The Morgan fingerprint density at radius 3 is 2.52 bits per heavy atom. The fourth-order valence-corrected chi connectivity index (χ4v) is 3.30. The van der Waals surface area contributed by atoms with Gasteiger partial charge in [0.15, 0.2) is 0 Å². The molecule has 0 aliphatic carbocycles. The van der Waals surface area contributed by atoms with E-state index in [1.165, 1.54) is 0 Å². The third kappa shape index (κ3) is 4.20. The zero-order valence-corrected chi connectivity index (χ0v) is 16.6. The Labute approximate surface area is 174 Å². The molecule has 0 fully saturated rings. The van der Waals surface area contributed by atoms with Crippen LogP contribution < -0.4 is 5.32 Å². The van der Waals surface area contributed by atoms with Gasteiger partial charge in [-0.05, 0) is 30.7 Å². The summed E-state index contributed by atoms with van der Waals surface area (Å²) in [5.41, 5.74) is 3.97. The Balaban J connectivity index is 1.53. The molecule has 0 radical (unpaired) electrons. The molecule has 1 N–H and O–H groups in total. The van der Waals surface area contributed by atoms with E-state index < -0.39 is 0 Å². The smallest absolute Gasteiger partial charge is 0.258 e. The maximum Gasteiger partial charge on any atom is 0.258 e. The molecule has 0 bridgehead atoms. The maximum absolute atomic E-state index is 12.8. The summed E-state index contributed by atoms with van der Waals surface area (Å²) in [4.78, 5) is 17.4. The minimum Gasteiger partial charge on any atom is -0.307 e. The number of aryl methyl sites for hydroxylation is 1. The number of pyridine rings is 1. The highest BCUT2D eigenvalue weighted by atomic mass is 35.5. The van der Waals surface area contributed by atoms with Crippen molar-refractivity contribution < 1.29 is 4.79 Å². The SMILES string of the molecule is Cc1nc(-c2ccccc2)ccc1C(=O)Nc1ccnn1Cc1ccccc1Cl. The molecule has 5 nitrogen and oxygen atoms in total. The van der Waals surface area contributed by atoms with Crippen molar-refractivity contribution in [2.45, 2.75) is 13.5 Å². The molecule has 29 heavy (non-hydrogen) atoms. The Morgan fingerprint density at radius 1 is 1.00 bits per heavy atom. The van der Waals surface area contributed by atoms with Gasteiger partial charge in [-0.1, -0.05) is 60.1 Å². The fourth-order valence-electron chi connectivity index (χ4n) is 3.11. The number of amides is 1. The summed E-state index contributed by atoms with van der Waals surface area (Å²) in [6.07, 6.45) is 1.65. The van der Waals surface area contributed by atoms with Crippen molar-refractivity contribution in [3.63, 3.8) is 0 Å². The number of aromatic nitrogens is 3. The van der Waals surface area contributed by atoms with Crippen molar-refractivity contribution in [3.8, 4) is 11.3 Å². The first kappa shape index (κ1) is 18.9. The van der Waals surface area contributed by atoms with Crippen molar-refractivity contribution in [2.75, 3.05) is 5.32 Å². The van der Waals surface area contributed by atoms with Gasteiger partial charge in [0.25, 0.3) is 5.91 Å². The van der Waals surface area contributed by atoms with Gasteiger partial charge in [0, 0.05) is 16.7 Å². The van der Waals surface area contributed by atoms with E-state index in [2.05, 4.69) is 15.4 Å². The number of nitrogens with one attached hydrogen (secondary N) is 1. The van der Waals surface area contributed by atoms with E-state index in [-0.39, 0.29) is 5.91 Å². The zero-order valence-electron chi connectivity index (χ0n) is 15.8. The van der Waals surface area contributed by atoms with Gasteiger partial charge < -0.3 is 5.32 Å². The summed E-state index contributed by atoms with van der Waals surface area (Å²) < 4.78 is 1.71. The highest BCUT2D eigenvalue weighted by molar-refractivity contribution is 6.31. The normalized spacial score (nSPS) is 10.7. The summed E-state index contributed by atoms with van der Waals surface area (Å²) in [5, 5.41) is 7.89. The van der Waals surface area contributed by atoms with Gasteiger partial charge in [-0.3, -0.25) is 9.78 Å². The number of halogens is 1. The Kier molecular flexibility index (Phi) is 5.40. The lowest BCUT2D eigenvalue weighted by molar-refractivity contribution is 0.102. The summed E-state index contributed by atoms with van der Waals surface area (Å²) in [5.74, 6) is 0.372. The van der Waals surface area contributed by atoms with Gasteiger partial charge in [0.1, 0.15) is 5.82 Å². The first-order valence-electron chi connectivity index (χ1n) is 9.21. The lowest BCUT2D eigenvalue weighted by Gasteiger charge is -2.12. The van der Waals surface area contributed by atoms with E-state index in [0.717, 1.165) is 16.8 Å². The van der Waals surface area contributed by atoms with Crippen LogP contribution in [0.2, 0.25) is 5.02 Å². The first-order valence-corrected chi connectivity index (χ1v) is 9.59. The van der Waals surface area contributed by atoms with Crippen LogP contribution in [0.15, 0.2) is 79.0 Å². The molecule has 144 valence electrons. The summed E-state index contributed by atoms with van der Waals surface area (Å²) in [6, 6.07) is 22.9. The van der Waals surface area contributed by atoms with E-state index in [9.17, 15) is 4.79 Å². The third-order valence-electron chi connectivity index (χ3n) is 4.64. The quantitative estimate of drug-likeness (QED) is 0.498. The molecule has 2 heterocycles. The molecule has 0 aliphatic heterocycles. The van der Waals surface area contributed by atoms with Gasteiger partial charge in [-0.2, -0.15) is 5.10 Å². The molecule has 2 aromatic heterocycles. The highest BCUT2D eigenvalue weighted by Crippen LogP contribution is 2.21. The molecule has 4 aromatic rings. The lowest BCUT2D eigenvalue weighted by atomic mass is 10.1. The molecule has 4 rings (SSSR count). The molecule has 0 saturated heterocycles. The zero-order chi connectivity index (χ0) is 20.2. The standard InChI is InChI=1S/C23H19ClN4O/c1-16-19(11-12-21(26-16)17-7-3-2-4-8-17)23(29)27-22-13-14-25-28(22)15-18-9-5-6-10-20(18)24/h2-14H,15H2,1H3,(H,27,29). The molecule has 0 unspecified atom stereocenters. The number of benzene rings is 2. The highest BCUT2D eigenvalue weighted by Gasteiger charge is 2.14. The van der Waals surface area contributed by atoms with Crippen LogP contribution in [0.4, 0.5) is 5.82 Å². The number of nitrogens with zero attached hydrogens (tertiary/aromatic N) is 3. The number of carbonyl (C=O) groups excluding carboxylic acids is 1. The van der Waals surface area contributed by atoms with Crippen LogP contribution in [-0.2, 0) is 6.54 Å². The van der Waals surface area contributed by atoms with E-state index in [4.69, 9.17) is 11.6 Å². The van der Waals surface area contributed by atoms with Gasteiger partial charge in [-0.25, -0.2) is 4.68 Å². The number of hydrogen-bond acceptors (Lipinski definition) is 3. The average molecular weight is 403 g/mol. The number of rotatable bonds is 5. The molecule has 0 spiro atoms. The van der Waals surface area contributed by atoms with E-state index >= 15 is 0 Å². The minimum absolute atomic E-state index is 0.226. The Bertz CT molecular complexity index is 1150. The molecule has 6 heteroatoms. The monoisotopic (exact) mass is 402 g/mol. The van der Waals surface area contributed by atoms with Crippen molar-refractivity contribution in [2.24, 2.45) is 0 Å². The topological polar surface area (TPSA) is 59.8 Å². The predicted octanol–water partition coefficient (Wildman–Crippen LogP) is 5.21. The first-order chi connectivity index (χ1) is 14.1. The van der Waals surface area contributed by atoms with Crippen LogP contribution in [0.5, 0.6) is 0 Å². The predicted molar refractivity (Wildman–Crippen MR) is 115 cm³/mol. The number of anilines is 1. The molecule has 0 aliphatic rings. The van der Waals surface area contributed by atoms with Crippen molar-refractivity contribution >= 4 is 23.3 Å². The van der Waals surface area contributed by atoms with E-state index in [1.807, 2.05) is 67.6 Å². The molecule has 0 atom stereocenters. The van der Waals surface area contributed by atoms with Gasteiger partial charge >= 0.3 is 0 Å². The van der Waals surface area contributed by atoms with Crippen LogP contribution in [0.1, 0.15) is 21.6 Å². The van der Waals surface area contributed by atoms with E-state index in [1.54, 1.807) is 23.0 Å². The van der Waals surface area contributed by atoms with Gasteiger partial charge in [-0.15, -0.1) is 0 Å². The van der Waals surface area contributed by atoms with Crippen LogP contribution >= 0.6 is 11.6 Å². The molecular weight excluding hydrogens is 384 g/mol. The minimum atomic E-state index is -0.226. The molecular formula is C23H19ClN4O. The molecule has 1 amide bonds. The second-order valence-electron chi connectivity index (χ2n) is 6.62. The number of hydrogen-bond donors (Lipinski definition) is 1. The summed E-state index contributed by atoms with van der Waals surface area (Å²) in [7, 11) is 0. The average Bonchev–Trinajstić information content (AvgIpc) is 3.16. The van der Waals surface area contributed by atoms with Crippen LogP contribution in [0, 0.1) is 6.92 Å². The molecule has 0 saturated carbocycles. The van der Waals surface area contributed by atoms with Crippen molar-refractivity contribution in [3.05, 3.63) is 101 Å². The van der Waals surface area contributed by atoms with Crippen molar-refractivity contribution in [1.82, 2.24) is 14.8 Å². The van der Waals surface area contributed by atoms with E-state index in [0.29, 0.717) is 28.6 Å². The van der Waals surface area contributed by atoms with Crippen LogP contribution in [0.3, 0.4) is 0 Å². The van der Waals surface area contributed by atoms with Crippen LogP contribution in [0.25, 0.3) is 11.3 Å². The third-order valence-corrected chi connectivity index (χ3v) is 5.00. The van der Waals surface area contributed by atoms with Gasteiger partial charge in [0.05, 0.1) is 29.7 Å². The number of carbonyl (C=O) groups is 1. The fraction of sp³-hybridized carbons (Fsp3) is 0.0870. The van der Waals surface area contributed by atoms with Crippen molar-refractivity contribution in [1.29, 1.82) is 0 Å². The lowest BCUT2D eigenvalue weighted by Crippen LogP contribution is -2.17. The second kappa shape index (κ2) is 8.29.